The molecule has 1 aliphatic carbocycles. The van der Waals surface area contributed by atoms with Gasteiger partial charge in [-0.05, 0) is 67.5 Å². The third kappa shape index (κ3) is 7.39. The molecule has 4 unspecified atom stereocenters. The van der Waals surface area contributed by atoms with Crippen LogP contribution in [0, 0.1) is 5.92 Å². The summed E-state index contributed by atoms with van der Waals surface area (Å²) >= 11 is 0. The van der Waals surface area contributed by atoms with E-state index >= 15 is 0 Å². The van der Waals surface area contributed by atoms with Gasteiger partial charge in [-0.1, -0.05) is 44.4 Å². The molecule has 43 heavy (non-hydrogen) atoms. The van der Waals surface area contributed by atoms with Crippen LogP contribution < -0.4 is 16.3 Å². The standard InChI is InChI=1S/C30H34F6N4O3/c1-18-8-4-2-7-11-24(18)38-40-25(27(42)19-14-20(29(31,32)33)16-21(15-19)30(34,35)36)13-12-23(26(40)17-41)28(43)39(37)22-9-5-3-6-10-22/h3,5-6,9-10,14-18,24-25,27,38,42H,2,4,7-8,11-13,37H2,1H3. The Balaban J connectivity index is 1.79. The Morgan fingerprint density at radius 1 is 1.00 bits per heavy atom. The summed E-state index contributed by atoms with van der Waals surface area (Å²) in [5.41, 5.74) is -0.356. The average Bonchev–Trinajstić information content (AvgIpc) is 3.18. The van der Waals surface area contributed by atoms with E-state index in [1.165, 1.54) is 5.01 Å². The summed E-state index contributed by atoms with van der Waals surface area (Å²) in [6, 6.07) is 7.76. The smallest absolute Gasteiger partial charge is 0.386 e. The highest BCUT2D eigenvalue weighted by Gasteiger charge is 2.42. The molecule has 1 amide bonds. The molecule has 4 rings (SSSR count). The van der Waals surface area contributed by atoms with E-state index in [0.29, 0.717) is 30.5 Å². The molecule has 7 nitrogen and oxygen atoms in total. The van der Waals surface area contributed by atoms with Gasteiger partial charge in [0, 0.05) is 11.6 Å². The van der Waals surface area contributed by atoms with Crippen molar-refractivity contribution in [3.63, 3.8) is 0 Å². The molecule has 13 heteroatoms. The fraction of sp³-hybridized carbons (Fsp3) is 0.467. The number of anilines is 1. The Kier molecular flexibility index (Phi) is 9.87. The van der Waals surface area contributed by atoms with Crippen LogP contribution in [-0.2, 0) is 21.9 Å². The average molecular weight is 613 g/mol. The highest BCUT2D eigenvalue weighted by molar-refractivity contribution is 6.07. The van der Waals surface area contributed by atoms with E-state index < -0.39 is 47.1 Å². The van der Waals surface area contributed by atoms with Crippen molar-refractivity contribution in [2.75, 3.05) is 5.01 Å². The monoisotopic (exact) mass is 612 g/mol. The Morgan fingerprint density at radius 3 is 2.19 bits per heavy atom. The largest absolute Gasteiger partial charge is 0.416 e. The number of rotatable bonds is 7. The van der Waals surface area contributed by atoms with Gasteiger partial charge in [-0.3, -0.25) is 14.6 Å². The summed E-state index contributed by atoms with van der Waals surface area (Å²) < 4.78 is 81.6. The molecule has 2 aromatic carbocycles. The second-order valence-corrected chi connectivity index (χ2v) is 11.1. The molecule has 0 aromatic heterocycles. The summed E-state index contributed by atoms with van der Waals surface area (Å²) in [5.74, 6) is 5.48. The summed E-state index contributed by atoms with van der Waals surface area (Å²) in [7, 11) is 0. The number of aliphatic hydroxyl groups excluding tert-OH is 1. The number of carbonyl (C=O) groups excluding carboxylic acids is 2. The highest BCUT2D eigenvalue weighted by Crippen LogP contribution is 2.40. The van der Waals surface area contributed by atoms with E-state index in [4.69, 9.17) is 5.84 Å². The number of hydrazine groups is 2. The summed E-state index contributed by atoms with van der Waals surface area (Å²) in [6.07, 6.45) is -7.58. The Labute approximate surface area is 245 Å². The third-order valence-corrected chi connectivity index (χ3v) is 8.20. The minimum absolute atomic E-state index is 0.00130. The predicted molar refractivity (Wildman–Crippen MR) is 147 cm³/mol. The van der Waals surface area contributed by atoms with Gasteiger partial charge in [0.2, 0.25) is 0 Å². The lowest BCUT2D eigenvalue weighted by Crippen LogP contribution is -2.56. The number of nitrogens with zero attached hydrogens (tertiary/aromatic N) is 2. The first-order chi connectivity index (χ1) is 20.2. The van der Waals surface area contributed by atoms with Crippen molar-refractivity contribution in [1.29, 1.82) is 0 Å². The van der Waals surface area contributed by atoms with Crippen LogP contribution in [-0.4, -0.2) is 34.4 Å². The van der Waals surface area contributed by atoms with Crippen LogP contribution in [0.4, 0.5) is 32.0 Å². The minimum Gasteiger partial charge on any atom is -0.386 e. The van der Waals surface area contributed by atoms with Crippen molar-refractivity contribution in [2.45, 2.75) is 82.4 Å². The number of hydrogen-bond acceptors (Lipinski definition) is 6. The number of amides is 1. The Morgan fingerprint density at radius 2 is 1.60 bits per heavy atom. The molecule has 4 atom stereocenters. The molecule has 234 valence electrons. The summed E-state index contributed by atoms with van der Waals surface area (Å²) in [6.45, 7) is 1.99. The van der Waals surface area contributed by atoms with Crippen molar-refractivity contribution >= 4 is 17.9 Å². The van der Waals surface area contributed by atoms with Crippen LogP contribution in [0.25, 0.3) is 0 Å². The molecule has 1 saturated carbocycles. The van der Waals surface area contributed by atoms with Gasteiger partial charge in [-0.25, -0.2) is 16.3 Å². The fourth-order valence-electron chi connectivity index (χ4n) is 5.77. The number of aliphatic hydroxyl groups is 1. The molecule has 0 bridgehead atoms. The normalized spacial score (nSPS) is 22.6. The van der Waals surface area contributed by atoms with Gasteiger partial charge in [0.1, 0.15) is 11.8 Å². The predicted octanol–water partition coefficient (Wildman–Crippen LogP) is 6.06. The lowest BCUT2D eigenvalue weighted by molar-refractivity contribution is -0.143. The molecule has 1 fully saturated rings. The van der Waals surface area contributed by atoms with Gasteiger partial charge in [0.05, 0.1) is 22.9 Å². The Hall–Kier alpha value is -3.42. The number of nitrogens with one attached hydrogen (secondary N) is 1. The molecule has 2 aromatic rings. The van der Waals surface area contributed by atoms with Crippen molar-refractivity contribution in [2.24, 2.45) is 11.8 Å². The number of halogens is 6. The van der Waals surface area contributed by atoms with E-state index in [2.05, 4.69) is 5.43 Å². The number of allylic oxidation sites excluding steroid dienone is 1. The first-order valence-corrected chi connectivity index (χ1v) is 14.1. The summed E-state index contributed by atoms with van der Waals surface area (Å²) in [5, 5.41) is 13.5. The molecule has 1 heterocycles. The molecule has 1 aliphatic heterocycles. The third-order valence-electron chi connectivity index (χ3n) is 8.20. The lowest BCUT2D eigenvalue weighted by atomic mass is 9.89. The molecular weight excluding hydrogens is 578 g/mol. The zero-order valence-corrected chi connectivity index (χ0v) is 23.5. The van der Waals surface area contributed by atoms with Gasteiger partial charge in [-0.2, -0.15) is 26.3 Å². The van der Waals surface area contributed by atoms with Gasteiger partial charge >= 0.3 is 12.4 Å². The number of aldehydes is 1. The molecule has 4 N–H and O–H groups in total. The van der Waals surface area contributed by atoms with Crippen LogP contribution in [0.2, 0.25) is 0 Å². The van der Waals surface area contributed by atoms with E-state index in [1.807, 2.05) is 6.92 Å². The maximum Gasteiger partial charge on any atom is 0.416 e. The van der Waals surface area contributed by atoms with E-state index in [1.54, 1.807) is 30.3 Å². The molecule has 2 aliphatic rings. The molecule has 0 saturated heterocycles. The van der Waals surface area contributed by atoms with Crippen LogP contribution in [0.3, 0.4) is 0 Å². The second-order valence-electron chi connectivity index (χ2n) is 11.1. The van der Waals surface area contributed by atoms with Gasteiger partial charge in [-0.15, -0.1) is 0 Å². The second kappa shape index (κ2) is 13.1. The zero-order valence-electron chi connectivity index (χ0n) is 23.5. The van der Waals surface area contributed by atoms with E-state index in [0.717, 1.165) is 30.7 Å². The maximum atomic E-state index is 13.6. The van der Waals surface area contributed by atoms with Crippen LogP contribution in [0.1, 0.15) is 74.7 Å². The number of nitrogens with two attached hydrogens (primary N) is 1. The quantitative estimate of drug-likeness (QED) is 0.0879. The van der Waals surface area contributed by atoms with Crippen LogP contribution in [0.15, 0.2) is 59.8 Å². The van der Waals surface area contributed by atoms with Crippen molar-refractivity contribution in [3.05, 3.63) is 76.5 Å². The number of hydrogen-bond donors (Lipinski definition) is 3. The topological polar surface area (TPSA) is 98.9 Å². The first-order valence-electron chi connectivity index (χ1n) is 14.1. The SMILES string of the molecule is CC1CCCCCC1NN1C(C=O)=C(C(=O)N(N)c2ccccc2)CCC1C(O)c1cc(C(F)(F)F)cc(C(F)(F)F)c1. The van der Waals surface area contributed by atoms with E-state index in [9.17, 15) is 41.0 Å². The van der Waals surface area contributed by atoms with Gasteiger partial charge in [0.15, 0.2) is 6.29 Å². The highest BCUT2D eigenvalue weighted by atomic mass is 19.4. The maximum absolute atomic E-state index is 13.6. The minimum atomic E-state index is -5.11. The summed E-state index contributed by atoms with van der Waals surface area (Å²) in [4.78, 5) is 26.1. The van der Waals surface area contributed by atoms with Crippen molar-refractivity contribution in [3.8, 4) is 0 Å². The van der Waals surface area contributed by atoms with Gasteiger partial charge < -0.3 is 5.11 Å². The Bertz CT molecular complexity index is 1300. The number of alkyl halides is 6. The molecule has 0 spiro atoms. The molecular formula is C30H34F6N4O3. The van der Waals surface area contributed by atoms with Crippen molar-refractivity contribution < 1.29 is 41.0 Å². The van der Waals surface area contributed by atoms with E-state index in [-0.39, 0.29) is 42.1 Å². The van der Waals surface area contributed by atoms with Crippen LogP contribution >= 0.6 is 0 Å². The van der Waals surface area contributed by atoms with Gasteiger partial charge in [0.25, 0.3) is 5.91 Å². The number of carbonyl (C=O) groups is 2. The fourth-order valence-corrected chi connectivity index (χ4v) is 5.77. The van der Waals surface area contributed by atoms with Crippen LogP contribution in [0.5, 0.6) is 0 Å². The van der Waals surface area contributed by atoms with Crippen molar-refractivity contribution in [1.82, 2.24) is 10.4 Å². The zero-order chi connectivity index (χ0) is 31.5. The number of para-hydroxylation sites is 1. The number of benzene rings is 2. The lowest BCUT2D eigenvalue weighted by Gasteiger charge is -2.44. The first kappa shape index (κ1) is 32.5. The molecule has 0 radical (unpaired) electrons.